The number of aromatic nitrogens is 1. The van der Waals surface area contributed by atoms with Gasteiger partial charge in [0.15, 0.2) is 0 Å². The number of aromatic hydroxyl groups is 1. The molecule has 0 bridgehead atoms. The number of H-pyrrole nitrogens is 1. The van der Waals surface area contributed by atoms with Crippen molar-refractivity contribution < 1.29 is 77.6 Å². The highest BCUT2D eigenvalue weighted by molar-refractivity contribution is 7.80. The number of amides is 11. The summed E-state index contributed by atoms with van der Waals surface area (Å²) in [5.41, 5.74) is 14.5. The van der Waals surface area contributed by atoms with Crippen molar-refractivity contribution in [3.05, 3.63) is 102 Å². The van der Waals surface area contributed by atoms with Gasteiger partial charge in [0.05, 0.1) is 19.0 Å². The molecule has 0 saturated carbocycles. The Bertz CT molecular complexity index is 3500. The maximum Gasteiger partial charge on any atom is 0.327 e. The van der Waals surface area contributed by atoms with Gasteiger partial charge in [0.2, 0.25) is 65.0 Å². The SMILES string of the molecule is CC[C@H](C)[C@H](NC(=O)[C@@H](NC(=O)[C@@H](N)Cc1ccc(O)cc1)[C@@H](C)CC)C(=O)N[C@@H](CCCCN)C(=O)NCC(=O)N[C@@H](CC(C)C)C(=O)N[C@@H](Cc1ccccc1)C(=O)N[C@@H](Cc1c[nH]c2ccccc12)C(=O)N[C@@H](CC(=O)O)C(=O)N1CCC[C@H]1C(=O)N[C@@H](C)C(=O)N[C@@H](CS)C(=O)O. The predicted molar refractivity (Wildman–Crippen MR) is 378 cm³/mol. The fourth-order valence-electron chi connectivity index (χ4n) is 11.5. The van der Waals surface area contributed by atoms with E-state index >= 15 is 0 Å². The van der Waals surface area contributed by atoms with Gasteiger partial charge in [0, 0.05) is 42.2 Å². The highest BCUT2D eigenvalue weighted by Gasteiger charge is 2.42. The molecular formula is C70H100N14O16S. The fourth-order valence-corrected chi connectivity index (χ4v) is 11.7. The molecule has 1 aliphatic heterocycles. The van der Waals surface area contributed by atoms with Crippen LogP contribution in [0.4, 0.5) is 0 Å². The zero-order valence-electron chi connectivity index (χ0n) is 58.2. The second-order valence-electron chi connectivity index (χ2n) is 26.1. The number of hydrogen-bond acceptors (Lipinski definition) is 17. The first-order chi connectivity index (χ1) is 48.0. The van der Waals surface area contributed by atoms with Crippen LogP contribution >= 0.6 is 12.6 Å². The first kappa shape index (κ1) is 82.1. The summed E-state index contributed by atoms with van der Waals surface area (Å²) < 4.78 is 0. The minimum atomic E-state index is -1.82. The number of rotatable bonds is 41. The largest absolute Gasteiger partial charge is 0.508 e. The van der Waals surface area contributed by atoms with Crippen molar-refractivity contribution in [2.75, 3.05) is 25.4 Å². The van der Waals surface area contributed by atoms with E-state index in [9.17, 15) is 77.6 Å². The molecule has 0 spiro atoms. The average Bonchev–Trinajstić information content (AvgIpc) is 1.75. The molecule has 31 heteroatoms. The van der Waals surface area contributed by atoms with E-state index in [1.807, 2.05) is 13.8 Å². The molecule has 30 nitrogen and oxygen atoms in total. The third-order valence-corrected chi connectivity index (χ3v) is 18.1. The zero-order chi connectivity index (χ0) is 74.6. The van der Waals surface area contributed by atoms with Crippen molar-refractivity contribution in [3.8, 4) is 5.75 Å². The number of thiol groups is 1. The maximum absolute atomic E-state index is 15.0. The quantitative estimate of drug-likeness (QED) is 0.0212. The maximum atomic E-state index is 15.0. The number of unbranched alkanes of at least 4 members (excludes halogenated alkanes) is 1. The first-order valence-corrected chi connectivity index (χ1v) is 34.8. The van der Waals surface area contributed by atoms with Crippen molar-refractivity contribution in [2.45, 2.75) is 192 Å². The molecule has 13 atom stereocenters. The van der Waals surface area contributed by atoms with Crippen molar-refractivity contribution in [1.82, 2.24) is 63.1 Å². The highest BCUT2D eigenvalue weighted by Crippen LogP contribution is 2.23. The van der Waals surface area contributed by atoms with Gasteiger partial charge in [-0.3, -0.25) is 57.5 Å². The summed E-state index contributed by atoms with van der Waals surface area (Å²) in [7, 11) is 0. The summed E-state index contributed by atoms with van der Waals surface area (Å²) in [6.45, 7) is 11.5. The molecule has 18 N–H and O–H groups in total. The number of aliphatic carboxylic acids is 2. The molecule has 0 unspecified atom stereocenters. The van der Waals surface area contributed by atoms with Crippen LogP contribution in [0.3, 0.4) is 0 Å². The van der Waals surface area contributed by atoms with Gasteiger partial charge in [0.25, 0.3) is 0 Å². The topological polar surface area (TPSA) is 474 Å². The van der Waals surface area contributed by atoms with Crippen molar-refractivity contribution >= 4 is 100 Å². The number of nitrogens with two attached hydrogens (primary N) is 2. The Balaban J connectivity index is 1.34. The number of aromatic amines is 1. The molecule has 4 aromatic rings. The van der Waals surface area contributed by atoms with Crippen LogP contribution in [0.1, 0.15) is 123 Å². The number of phenolic OH excluding ortho intramolecular Hbond substituents is 1. The molecule has 5 rings (SSSR count). The van der Waals surface area contributed by atoms with Gasteiger partial charge >= 0.3 is 11.9 Å². The number of carboxylic acid groups (broad SMARTS) is 2. The van der Waals surface area contributed by atoms with Crippen LogP contribution in [0, 0.1) is 17.8 Å². The minimum Gasteiger partial charge on any atom is -0.508 e. The van der Waals surface area contributed by atoms with Gasteiger partial charge in [-0.15, -0.1) is 0 Å². The van der Waals surface area contributed by atoms with E-state index in [0.29, 0.717) is 53.3 Å². The van der Waals surface area contributed by atoms with Gasteiger partial charge < -0.3 is 89.8 Å². The van der Waals surface area contributed by atoms with E-state index in [1.165, 1.54) is 19.1 Å². The Morgan fingerprint density at radius 1 is 0.594 bits per heavy atom. The van der Waals surface area contributed by atoms with Crippen molar-refractivity contribution in [2.24, 2.45) is 29.2 Å². The lowest BCUT2D eigenvalue weighted by atomic mass is 9.94. The second-order valence-corrected chi connectivity index (χ2v) is 26.4. The number of likely N-dealkylation sites (tertiary alicyclic amines) is 1. The third-order valence-electron chi connectivity index (χ3n) is 17.7. The van der Waals surface area contributed by atoms with E-state index in [0.717, 1.165) is 4.90 Å². The Kier molecular flexibility index (Phi) is 33.0. The molecule has 1 saturated heterocycles. The van der Waals surface area contributed by atoms with Gasteiger partial charge in [-0.05, 0) is 111 Å². The summed E-state index contributed by atoms with van der Waals surface area (Å²) in [6, 6.07) is 7.03. The number of nitrogens with zero attached hydrogens (tertiary/aromatic N) is 1. The van der Waals surface area contributed by atoms with Crippen LogP contribution in [0.15, 0.2) is 85.1 Å². The Labute approximate surface area is 592 Å². The Morgan fingerprint density at radius 2 is 1.15 bits per heavy atom. The standard InChI is InChI=1S/C70H100N14O16S/c1-8-39(5)58(83-68(97)59(40(6)9-2)82-61(90)47(72)31-43-24-26-45(85)27-25-43)67(96)77-49(22-15-16-28-71)62(91)74-36-56(86)76-50(30-38(3)4)63(92)78-51(32-42-18-11-10-12-19-42)64(93)79-52(33-44-35-73-48-21-14-13-20-46(44)48)65(94)80-53(34-57(87)88)69(98)84-29-17-23-55(84)66(95)75-41(7)60(89)81-54(37-101)70(99)100/h10-14,18-21,24-27,35,38-41,47,49-55,58-59,73,85,101H,8-9,15-17,22-23,28-34,36-37,71-72H2,1-7H3,(H,74,91)(H,75,95)(H,76,86)(H,77,96)(H,78,92)(H,79,93)(H,80,94)(H,81,89)(H,82,90)(H,83,97)(H,87,88)(H,99,100)/t39-,40-,41-,47-,49-,50-,51-,52-,53-,54-,55-,58-,59-/m0/s1. The zero-order valence-corrected chi connectivity index (χ0v) is 59.1. The summed E-state index contributed by atoms with van der Waals surface area (Å²) in [4.78, 5) is 184. The lowest BCUT2D eigenvalue weighted by molar-refractivity contribution is -0.146. The molecule has 3 aromatic carbocycles. The van der Waals surface area contributed by atoms with Gasteiger partial charge in [-0.25, -0.2) is 4.79 Å². The van der Waals surface area contributed by atoms with E-state index in [2.05, 4.69) is 70.8 Å². The van der Waals surface area contributed by atoms with Gasteiger partial charge in [0.1, 0.15) is 66.2 Å². The van der Waals surface area contributed by atoms with Crippen LogP contribution in [-0.2, 0) is 81.6 Å². The molecule has 11 amide bonds. The predicted octanol–water partition coefficient (Wildman–Crippen LogP) is 0.475. The molecule has 552 valence electrons. The van der Waals surface area contributed by atoms with Crippen molar-refractivity contribution in [3.63, 3.8) is 0 Å². The lowest BCUT2D eigenvalue weighted by Gasteiger charge is -2.30. The number of nitrogens with one attached hydrogen (secondary N) is 11. The fraction of sp³-hybridized carbons (Fsp3) is 0.529. The monoisotopic (exact) mass is 1420 g/mol. The van der Waals surface area contributed by atoms with Gasteiger partial charge in [-0.2, -0.15) is 12.6 Å². The summed E-state index contributed by atoms with van der Waals surface area (Å²) in [5, 5.41) is 56.2. The smallest absolute Gasteiger partial charge is 0.327 e. The van der Waals surface area contributed by atoms with Crippen LogP contribution in [-0.4, -0.2) is 194 Å². The van der Waals surface area contributed by atoms with Crippen LogP contribution in [0.25, 0.3) is 10.9 Å². The summed E-state index contributed by atoms with van der Waals surface area (Å²) in [6.07, 6.45) is 2.45. The second kappa shape index (κ2) is 40.6. The number of hydrogen-bond donors (Lipinski definition) is 17. The molecular weight excluding hydrogens is 1320 g/mol. The van der Waals surface area contributed by atoms with Crippen LogP contribution in [0.2, 0.25) is 0 Å². The number of carboxylic acids is 2. The Hall–Kier alpha value is -9.62. The number of carbonyl (C=O) groups is 13. The van der Waals surface area contributed by atoms with E-state index in [1.54, 1.807) is 101 Å². The summed E-state index contributed by atoms with van der Waals surface area (Å²) >= 11 is 3.95. The normalized spacial score (nSPS) is 16.3. The number of carbonyl (C=O) groups excluding carboxylic acids is 11. The number of para-hydroxylation sites is 1. The van der Waals surface area contributed by atoms with Crippen molar-refractivity contribution in [1.29, 1.82) is 0 Å². The van der Waals surface area contributed by atoms with Crippen LogP contribution in [0.5, 0.6) is 5.75 Å². The van der Waals surface area contributed by atoms with E-state index in [-0.39, 0.29) is 75.5 Å². The van der Waals surface area contributed by atoms with Crippen LogP contribution < -0.4 is 64.6 Å². The lowest BCUT2D eigenvalue weighted by Crippen LogP contribution is -2.61. The number of fused-ring (bicyclic) bond motifs is 1. The number of benzene rings is 3. The molecule has 1 aliphatic rings. The Morgan fingerprint density at radius 3 is 1.74 bits per heavy atom. The van der Waals surface area contributed by atoms with E-state index < -0.39 is 168 Å². The highest BCUT2D eigenvalue weighted by atomic mass is 32.1. The molecule has 101 heavy (non-hydrogen) atoms. The molecule has 2 heterocycles. The van der Waals surface area contributed by atoms with E-state index in [4.69, 9.17) is 11.5 Å². The third kappa shape index (κ3) is 25.5. The first-order valence-electron chi connectivity index (χ1n) is 34.2. The molecule has 0 radical (unpaired) electrons. The average molecular weight is 1430 g/mol. The van der Waals surface area contributed by atoms with Gasteiger partial charge in [-0.1, -0.05) is 115 Å². The minimum absolute atomic E-state index is 0.0159. The molecule has 1 fully saturated rings. The number of phenols is 1. The summed E-state index contributed by atoms with van der Waals surface area (Å²) in [5.74, 6) is -13.2. The molecule has 1 aromatic heterocycles. The molecule has 0 aliphatic carbocycles.